The third kappa shape index (κ3) is 1.58. The maximum atomic E-state index is 9.78. The van der Waals surface area contributed by atoms with E-state index in [1.165, 1.54) is 7.05 Å². The lowest BCUT2D eigenvalue weighted by Crippen LogP contribution is -2.15. The van der Waals surface area contributed by atoms with Crippen molar-refractivity contribution in [2.75, 3.05) is 7.05 Å². The van der Waals surface area contributed by atoms with E-state index in [4.69, 9.17) is 0 Å². The number of ether oxygens (including phenoxy) is 1. The van der Waals surface area contributed by atoms with Crippen molar-refractivity contribution in [3.8, 4) is 0 Å². The molecular weight excluding hydrogens is 82.0 g/mol. The Morgan fingerprint density at radius 3 is 2.50 bits per heavy atom. The standard InChI is InChI=1S/C3H6NO2/c1-4-3(5)6-2/h2H2,1H3,(H,4,5). The molecule has 0 aliphatic heterocycles. The van der Waals surface area contributed by atoms with E-state index in [9.17, 15) is 4.79 Å². The van der Waals surface area contributed by atoms with Gasteiger partial charge in [-0.1, -0.05) is 0 Å². The summed E-state index contributed by atoms with van der Waals surface area (Å²) in [5.41, 5.74) is 0. The summed E-state index contributed by atoms with van der Waals surface area (Å²) in [6, 6.07) is 0. The lowest BCUT2D eigenvalue weighted by molar-refractivity contribution is 0.186. The first-order chi connectivity index (χ1) is 2.81. The summed E-state index contributed by atoms with van der Waals surface area (Å²) in [6.07, 6.45) is -0.519. The van der Waals surface area contributed by atoms with Crippen LogP contribution in [0.3, 0.4) is 0 Å². The summed E-state index contributed by atoms with van der Waals surface area (Å²) in [5.74, 6) is 0. The molecular formula is C3H6NO2. The summed E-state index contributed by atoms with van der Waals surface area (Å²) in [4.78, 5) is 9.78. The third-order valence-electron chi connectivity index (χ3n) is 0.335. The highest BCUT2D eigenvalue weighted by Gasteiger charge is 1.85. The molecule has 0 fully saturated rings. The van der Waals surface area contributed by atoms with Gasteiger partial charge in [0.05, 0.1) is 0 Å². The third-order valence-corrected chi connectivity index (χ3v) is 0.335. The highest BCUT2D eigenvalue weighted by atomic mass is 16.5. The molecule has 0 saturated carbocycles. The van der Waals surface area contributed by atoms with Crippen LogP contribution in [-0.2, 0) is 4.74 Å². The van der Waals surface area contributed by atoms with Crippen LogP contribution in [0.1, 0.15) is 0 Å². The van der Waals surface area contributed by atoms with Crippen LogP contribution >= 0.6 is 0 Å². The number of carbonyl (C=O) groups is 1. The molecule has 0 aliphatic rings. The molecule has 1 amide bonds. The van der Waals surface area contributed by atoms with Crippen molar-refractivity contribution in [1.82, 2.24) is 5.32 Å². The smallest absolute Gasteiger partial charge is 0.406 e. The van der Waals surface area contributed by atoms with Gasteiger partial charge < -0.3 is 10.1 Å². The molecule has 1 radical (unpaired) electrons. The van der Waals surface area contributed by atoms with Gasteiger partial charge in [0.1, 0.15) is 7.11 Å². The Morgan fingerprint density at radius 2 is 2.50 bits per heavy atom. The van der Waals surface area contributed by atoms with Gasteiger partial charge in [0, 0.05) is 7.05 Å². The molecule has 6 heavy (non-hydrogen) atoms. The number of amides is 1. The highest BCUT2D eigenvalue weighted by Crippen LogP contribution is 1.64. The van der Waals surface area contributed by atoms with Gasteiger partial charge in [0.2, 0.25) is 0 Å². The first kappa shape index (κ1) is 5.27. The predicted molar refractivity (Wildman–Crippen MR) is 20.9 cm³/mol. The Balaban J connectivity index is 2.99. The largest absolute Gasteiger partial charge is 0.446 e. The Labute approximate surface area is 36.3 Å². The molecule has 3 heteroatoms. The van der Waals surface area contributed by atoms with Crippen LogP contribution in [0, 0.1) is 7.11 Å². The van der Waals surface area contributed by atoms with Crippen molar-refractivity contribution in [3.63, 3.8) is 0 Å². The molecule has 0 aromatic carbocycles. The highest BCUT2D eigenvalue weighted by molar-refractivity contribution is 5.66. The van der Waals surface area contributed by atoms with Crippen molar-refractivity contribution in [3.05, 3.63) is 7.11 Å². The zero-order valence-electron chi connectivity index (χ0n) is 3.52. The molecule has 1 N–H and O–H groups in total. The maximum Gasteiger partial charge on any atom is 0.406 e. The van der Waals surface area contributed by atoms with Gasteiger partial charge in [-0.3, -0.25) is 0 Å². The second-order valence-electron chi connectivity index (χ2n) is 0.682. The summed E-state index contributed by atoms with van der Waals surface area (Å²) in [7, 11) is 4.31. The SMILES string of the molecule is [CH2]OC(=O)NC. The Hall–Kier alpha value is -0.730. The van der Waals surface area contributed by atoms with Gasteiger partial charge in [-0.05, 0) is 0 Å². The Bertz CT molecular complexity index is 46.8. The molecule has 0 aliphatic carbocycles. The zero-order chi connectivity index (χ0) is 4.99. The van der Waals surface area contributed by atoms with Crippen molar-refractivity contribution in [1.29, 1.82) is 0 Å². The lowest BCUT2D eigenvalue weighted by Gasteiger charge is -1.89. The molecule has 0 unspecified atom stereocenters. The number of rotatable bonds is 0. The van der Waals surface area contributed by atoms with Gasteiger partial charge in [-0.25, -0.2) is 4.79 Å². The van der Waals surface area contributed by atoms with Crippen LogP contribution in [0.15, 0.2) is 0 Å². The summed E-state index contributed by atoms with van der Waals surface area (Å²) >= 11 is 0. The monoisotopic (exact) mass is 88.0 g/mol. The van der Waals surface area contributed by atoms with E-state index in [1.54, 1.807) is 0 Å². The van der Waals surface area contributed by atoms with E-state index >= 15 is 0 Å². The summed E-state index contributed by atoms with van der Waals surface area (Å²) in [6.45, 7) is 0. The van der Waals surface area contributed by atoms with E-state index in [-0.39, 0.29) is 0 Å². The average molecular weight is 88.1 g/mol. The van der Waals surface area contributed by atoms with E-state index in [1.807, 2.05) is 0 Å². The lowest BCUT2D eigenvalue weighted by atomic mass is 11.1. The van der Waals surface area contributed by atoms with Gasteiger partial charge in [-0.15, -0.1) is 0 Å². The van der Waals surface area contributed by atoms with Crippen molar-refractivity contribution in [2.45, 2.75) is 0 Å². The fourth-order valence-corrected chi connectivity index (χ4v) is 0.0722. The van der Waals surface area contributed by atoms with Gasteiger partial charge in [0.25, 0.3) is 0 Å². The molecule has 0 atom stereocenters. The number of nitrogens with one attached hydrogen (secondary N) is 1. The Morgan fingerprint density at radius 1 is 2.00 bits per heavy atom. The van der Waals surface area contributed by atoms with Crippen LogP contribution in [0.25, 0.3) is 0 Å². The van der Waals surface area contributed by atoms with Crippen molar-refractivity contribution < 1.29 is 9.53 Å². The first-order valence-electron chi connectivity index (χ1n) is 1.45. The molecule has 0 bridgehead atoms. The maximum absolute atomic E-state index is 9.78. The van der Waals surface area contributed by atoms with E-state index in [2.05, 4.69) is 17.2 Å². The number of hydrogen-bond acceptors (Lipinski definition) is 2. The van der Waals surface area contributed by atoms with Crippen LogP contribution in [0.4, 0.5) is 4.79 Å². The van der Waals surface area contributed by atoms with Crippen LogP contribution in [0.2, 0.25) is 0 Å². The van der Waals surface area contributed by atoms with E-state index in [0.29, 0.717) is 0 Å². The minimum atomic E-state index is -0.519. The molecule has 0 spiro atoms. The number of alkyl carbamates (subject to hydrolysis) is 1. The number of hydrogen-bond donors (Lipinski definition) is 1. The quantitative estimate of drug-likeness (QED) is 0.457. The second kappa shape index (κ2) is 2.50. The summed E-state index contributed by atoms with van der Waals surface area (Å²) < 4.78 is 3.90. The van der Waals surface area contributed by atoms with Crippen molar-refractivity contribution in [2.24, 2.45) is 0 Å². The Kier molecular flexibility index (Phi) is 2.20. The molecule has 0 heterocycles. The predicted octanol–water partition coefficient (Wildman–Crippen LogP) is 0.134. The van der Waals surface area contributed by atoms with Gasteiger partial charge in [0.15, 0.2) is 0 Å². The van der Waals surface area contributed by atoms with Crippen LogP contribution < -0.4 is 5.32 Å². The topological polar surface area (TPSA) is 38.3 Å². The second-order valence-corrected chi connectivity index (χ2v) is 0.682. The van der Waals surface area contributed by atoms with Crippen LogP contribution in [0.5, 0.6) is 0 Å². The molecule has 35 valence electrons. The fraction of sp³-hybridized carbons (Fsp3) is 0.333. The van der Waals surface area contributed by atoms with E-state index in [0.717, 1.165) is 0 Å². The zero-order valence-corrected chi connectivity index (χ0v) is 3.52. The first-order valence-corrected chi connectivity index (χ1v) is 1.45. The molecule has 0 rings (SSSR count). The van der Waals surface area contributed by atoms with Gasteiger partial charge in [-0.2, -0.15) is 0 Å². The normalized spacial score (nSPS) is 7.00. The summed E-state index contributed by atoms with van der Waals surface area (Å²) in [5, 5.41) is 2.19. The minimum absolute atomic E-state index is 0.519. The molecule has 3 nitrogen and oxygen atoms in total. The van der Waals surface area contributed by atoms with E-state index < -0.39 is 6.09 Å². The molecule has 0 saturated heterocycles. The fourth-order valence-electron chi connectivity index (χ4n) is 0.0722. The average Bonchev–Trinajstić information content (AvgIpc) is 1.65. The number of carbonyl (C=O) groups excluding carboxylic acids is 1. The van der Waals surface area contributed by atoms with Gasteiger partial charge >= 0.3 is 6.09 Å². The molecule has 0 aromatic rings. The molecule has 0 aromatic heterocycles. The van der Waals surface area contributed by atoms with Crippen molar-refractivity contribution >= 4 is 6.09 Å². The minimum Gasteiger partial charge on any atom is -0.446 e. The van der Waals surface area contributed by atoms with Crippen LogP contribution in [-0.4, -0.2) is 13.1 Å².